The fourth-order valence-corrected chi connectivity index (χ4v) is 0.687. The van der Waals surface area contributed by atoms with Gasteiger partial charge in [-0.2, -0.15) is 0 Å². The van der Waals surface area contributed by atoms with Crippen molar-refractivity contribution in [1.82, 2.24) is 5.32 Å². The quantitative estimate of drug-likeness (QED) is 0.251. The topological polar surface area (TPSA) is 24.4 Å². The molecule has 0 bridgehead atoms. The largest absolute Gasteiger partial charge is 0.318 e. The lowest BCUT2D eigenvalue weighted by atomic mass is 10.6. The first kappa shape index (κ1) is 9.14. The van der Waals surface area contributed by atoms with Crippen LogP contribution in [0, 0.1) is 0 Å². The number of halogens is 1. The summed E-state index contributed by atoms with van der Waals surface area (Å²) in [6.07, 6.45) is 1.81. The van der Waals surface area contributed by atoms with Crippen molar-refractivity contribution in [3.63, 3.8) is 0 Å². The van der Waals surface area contributed by atoms with Crippen molar-refractivity contribution in [3.05, 3.63) is 0 Å². The molecule has 0 aliphatic rings. The molecule has 2 nitrogen and oxygen atoms in total. The van der Waals surface area contributed by atoms with Gasteiger partial charge in [0, 0.05) is 23.0 Å². The first-order valence-electron chi connectivity index (χ1n) is 3.06. The number of alkyl halides is 1. The third kappa shape index (κ3) is 8.14. The number of likely N-dealkylation sites (N-methyl/N-ethyl adjacent to an activating group) is 1. The summed E-state index contributed by atoms with van der Waals surface area (Å²) in [6, 6.07) is 0. The van der Waals surface area contributed by atoms with Crippen LogP contribution in [-0.2, 0) is 0 Å². The summed E-state index contributed by atoms with van der Waals surface area (Å²) in [5, 5.41) is 3.19. The second-order valence-corrected chi connectivity index (χ2v) is 4.50. The number of nitrogens with zero attached hydrogens (tertiary/aromatic N) is 1. The fourth-order valence-electron chi connectivity index (χ4n) is 0.396. The molecule has 9 heavy (non-hydrogen) atoms. The maximum absolute atomic E-state index is 5.65. The second-order valence-electron chi connectivity index (χ2n) is 1.84. The van der Waals surface area contributed by atoms with E-state index in [0.717, 1.165) is 23.3 Å². The first-order chi connectivity index (χ1) is 4.27. The molecule has 0 aliphatic heterocycles. The second kappa shape index (κ2) is 6.26. The Morgan fingerprint density at radius 3 is 3.00 bits per heavy atom. The minimum Gasteiger partial charge on any atom is -0.318 e. The summed E-state index contributed by atoms with van der Waals surface area (Å²) >= 11 is 5.65. The number of hydrogen-bond acceptors (Lipinski definition) is 2. The lowest BCUT2D eigenvalue weighted by molar-refractivity contribution is 0.804. The van der Waals surface area contributed by atoms with E-state index in [-0.39, 0.29) is 5.00 Å². The van der Waals surface area contributed by atoms with Gasteiger partial charge in [-0.15, -0.1) is 11.6 Å². The van der Waals surface area contributed by atoms with Crippen LogP contribution in [0.2, 0.25) is 0 Å². The minimum absolute atomic E-state index is 0.196. The Bertz CT molecular complexity index is 85.0. The molecule has 0 aromatic heterocycles. The number of rotatable bonds is 4. The van der Waals surface area contributed by atoms with Crippen LogP contribution >= 0.6 is 11.6 Å². The van der Waals surface area contributed by atoms with Crippen LogP contribution in [0.3, 0.4) is 0 Å². The Labute approximate surface area is 64.1 Å². The molecule has 0 amide bonds. The van der Waals surface area contributed by atoms with Crippen molar-refractivity contribution in [2.24, 2.45) is 4.99 Å². The molecule has 0 spiro atoms. The molecule has 0 aromatic rings. The molecular weight excluding hydrogens is 152 g/mol. The molecule has 0 radical (unpaired) electrons. The summed E-state index contributed by atoms with van der Waals surface area (Å²) in [5.41, 5.74) is 0. The van der Waals surface area contributed by atoms with Crippen molar-refractivity contribution < 1.29 is 0 Å². The average Bonchev–Trinajstić information content (AvgIpc) is 1.80. The van der Waals surface area contributed by atoms with Crippen LogP contribution in [0.5, 0.6) is 0 Å². The molecule has 4 heteroatoms. The van der Waals surface area contributed by atoms with Gasteiger partial charge in [0.05, 0.1) is 11.5 Å². The van der Waals surface area contributed by atoms with E-state index < -0.39 is 0 Å². The summed E-state index contributed by atoms with van der Waals surface area (Å²) < 4.78 is 0. The van der Waals surface area contributed by atoms with Gasteiger partial charge in [0.15, 0.2) is 0 Å². The third-order valence-corrected chi connectivity index (χ3v) is 1.21. The summed E-state index contributed by atoms with van der Waals surface area (Å²) in [5.74, 6) is 0. The Balaban J connectivity index is 3.04. The Morgan fingerprint density at radius 2 is 2.56 bits per heavy atom. The van der Waals surface area contributed by atoms with E-state index in [9.17, 15) is 0 Å². The van der Waals surface area contributed by atoms with E-state index in [1.165, 1.54) is 0 Å². The Morgan fingerprint density at radius 1 is 1.89 bits per heavy atom. The van der Waals surface area contributed by atoms with Gasteiger partial charge in [0.1, 0.15) is 0 Å². The predicted molar refractivity (Wildman–Crippen MR) is 46.9 cm³/mol. The molecule has 1 atom stereocenters. The van der Waals surface area contributed by atoms with Crippen LogP contribution in [0.1, 0.15) is 0 Å². The number of aliphatic imine (C=N–C) groups is 1. The van der Waals surface area contributed by atoms with E-state index in [0.29, 0.717) is 0 Å². The summed E-state index contributed by atoms with van der Waals surface area (Å²) in [4.78, 5) is 4.08. The van der Waals surface area contributed by atoms with Gasteiger partial charge in [0.2, 0.25) is 0 Å². The molecule has 0 aliphatic carbocycles. The van der Waals surface area contributed by atoms with Gasteiger partial charge in [-0.1, -0.05) is 0 Å². The predicted octanol–water partition coefficient (Wildman–Crippen LogP) is -0.793. The highest BCUT2D eigenvalue weighted by Gasteiger charge is 1.85. The number of hydrogen-bond donors (Lipinski definition) is 1. The van der Waals surface area contributed by atoms with Gasteiger partial charge >= 0.3 is 0 Å². The zero-order valence-electron chi connectivity index (χ0n) is 5.89. The zero-order chi connectivity index (χ0) is 7.11. The monoisotopic (exact) mass is 164 g/mol. The van der Waals surface area contributed by atoms with Crippen molar-refractivity contribution in [1.29, 1.82) is 0 Å². The minimum atomic E-state index is 0.196. The SMILES string of the molecule is CNCCN=CC([SiH3])Cl. The van der Waals surface area contributed by atoms with Gasteiger partial charge in [-0.25, -0.2) is 0 Å². The first-order valence-corrected chi connectivity index (χ1v) is 4.65. The third-order valence-electron chi connectivity index (χ3n) is 0.802. The lowest BCUT2D eigenvalue weighted by Crippen LogP contribution is -2.11. The molecule has 1 unspecified atom stereocenters. The van der Waals surface area contributed by atoms with Gasteiger partial charge in [0.25, 0.3) is 0 Å². The molecule has 0 saturated heterocycles. The highest BCUT2D eigenvalue weighted by molar-refractivity contribution is 6.48. The molecule has 1 N–H and O–H groups in total. The molecule has 54 valence electrons. The average molecular weight is 165 g/mol. The molecule has 0 aromatic carbocycles. The molecule has 0 saturated carbocycles. The van der Waals surface area contributed by atoms with Gasteiger partial charge in [-0.3, -0.25) is 4.99 Å². The number of nitrogens with one attached hydrogen (secondary N) is 1. The molecular formula is C5H13ClN2Si. The standard InChI is InChI=1S/C5H13ClN2Si/c1-7-2-3-8-4-5(6)9/h4-5,7H,2-3H2,1,9H3. The van der Waals surface area contributed by atoms with Crippen LogP contribution in [0.25, 0.3) is 0 Å². The maximum atomic E-state index is 5.65. The van der Waals surface area contributed by atoms with E-state index >= 15 is 0 Å². The highest BCUT2D eigenvalue weighted by Crippen LogP contribution is 1.81. The molecule has 0 fully saturated rings. The van der Waals surface area contributed by atoms with Crippen LogP contribution < -0.4 is 5.32 Å². The van der Waals surface area contributed by atoms with Crippen molar-refractivity contribution in [3.8, 4) is 0 Å². The lowest BCUT2D eigenvalue weighted by Gasteiger charge is -1.92. The normalized spacial score (nSPS) is 14.9. The van der Waals surface area contributed by atoms with Crippen molar-refractivity contribution in [2.75, 3.05) is 20.1 Å². The van der Waals surface area contributed by atoms with E-state index in [4.69, 9.17) is 11.6 Å². The van der Waals surface area contributed by atoms with Gasteiger partial charge < -0.3 is 5.32 Å². The summed E-state index contributed by atoms with van der Waals surface area (Å²) in [6.45, 7) is 1.77. The Kier molecular flexibility index (Phi) is 6.35. The highest BCUT2D eigenvalue weighted by atomic mass is 35.5. The van der Waals surface area contributed by atoms with Crippen molar-refractivity contribution in [2.45, 2.75) is 5.00 Å². The van der Waals surface area contributed by atoms with Crippen LogP contribution in [0.4, 0.5) is 0 Å². The van der Waals surface area contributed by atoms with E-state index in [2.05, 4.69) is 10.3 Å². The van der Waals surface area contributed by atoms with E-state index in [1.54, 1.807) is 0 Å². The zero-order valence-corrected chi connectivity index (χ0v) is 8.65. The molecule has 0 heterocycles. The van der Waals surface area contributed by atoms with Crippen molar-refractivity contribution >= 4 is 28.1 Å². The van der Waals surface area contributed by atoms with E-state index in [1.807, 2.05) is 13.3 Å². The maximum Gasteiger partial charge on any atom is 0.0510 e. The molecule has 0 rings (SSSR count). The fraction of sp³-hybridized carbons (Fsp3) is 0.800. The summed E-state index contributed by atoms with van der Waals surface area (Å²) in [7, 11) is 2.89. The van der Waals surface area contributed by atoms with Crippen LogP contribution in [-0.4, -0.2) is 41.6 Å². The smallest absolute Gasteiger partial charge is 0.0510 e. The Hall–Kier alpha value is 0.137. The van der Waals surface area contributed by atoms with Gasteiger partial charge in [-0.05, 0) is 7.05 Å². The van der Waals surface area contributed by atoms with Crippen LogP contribution in [0.15, 0.2) is 4.99 Å².